The van der Waals surface area contributed by atoms with Crippen LogP contribution in [0.3, 0.4) is 0 Å². The van der Waals surface area contributed by atoms with Crippen LogP contribution in [0.5, 0.6) is 0 Å². The standard InChI is InChI=1S/C6H7O7.Na/c7-3(8)1-6(13,5(11)12)2-4(9)10;/h1,13H,2H2,(H,7,8)(H,9,10)(H,11,12);/q-1;+1. The van der Waals surface area contributed by atoms with E-state index in [0.717, 1.165) is 0 Å². The van der Waals surface area contributed by atoms with Gasteiger partial charge in [0.1, 0.15) is 0 Å². The molecular weight excluding hydrogens is 207 g/mol. The number of aliphatic carboxylic acids is 3. The average Bonchev–Trinajstić information content (AvgIpc) is 1.82. The Kier molecular flexibility index (Phi) is 6.58. The Labute approximate surface area is 101 Å². The molecule has 0 aromatic rings. The van der Waals surface area contributed by atoms with Gasteiger partial charge in [0.05, 0.1) is 12.0 Å². The first kappa shape index (κ1) is 15.7. The second-order valence-corrected chi connectivity index (χ2v) is 2.28. The molecule has 0 aliphatic carbocycles. The molecule has 0 radical (unpaired) electrons. The van der Waals surface area contributed by atoms with Crippen molar-refractivity contribution in [3.8, 4) is 0 Å². The zero-order valence-electron chi connectivity index (χ0n) is 7.30. The molecule has 0 heterocycles. The van der Waals surface area contributed by atoms with Crippen LogP contribution in [0, 0.1) is 6.42 Å². The number of rotatable bonds is 5. The van der Waals surface area contributed by atoms with Gasteiger partial charge in [0.25, 0.3) is 0 Å². The van der Waals surface area contributed by atoms with E-state index >= 15 is 0 Å². The molecule has 0 aliphatic rings. The predicted octanol–water partition coefficient (Wildman–Crippen LogP) is -4.43. The second kappa shape index (κ2) is 5.86. The summed E-state index contributed by atoms with van der Waals surface area (Å²) in [4.78, 5) is 30.4. The molecule has 0 saturated carbocycles. The second-order valence-electron chi connectivity index (χ2n) is 2.28. The van der Waals surface area contributed by atoms with Gasteiger partial charge in [0.15, 0.2) is 5.97 Å². The van der Waals surface area contributed by atoms with Gasteiger partial charge in [-0.2, -0.15) is 0 Å². The number of carbonyl (C=O) groups is 3. The van der Waals surface area contributed by atoms with E-state index in [2.05, 4.69) is 0 Å². The summed E-state index contributed by atoms with van der Waals surface area (Å²) in [7, 11) is 0. The van der Waals surface area contributed by atoms with E-state index in [1.54, 1.807) is 0 Å². The van der Waals surface area contributed by atoms with Crippen LogP contribution in [-0.2, 0) is 14.4 Å². The van der Waals surface area contributed by atoms with Crippen LogP contribution in [0.4, 0.5) is 0 Å². The fourth-order valence-corrected chi connectivity index (χ4v) is 0.623. The molecular formula is C6H7NaO7. The molecule has 0 rings (SSSR count). The van der Waals surface area contributed by atoms with Crippen molar-refractivity contribution in [3.63, 3.8) is 0 Å². The maximum Gasteiger partial charge on any atom is 1.00 e. The fourth-order valence-electron chi connectivity index (χ4n) is 0.623. The van der Waals surface area contributed by atoms with E-state index in [9.17, 15) is 14.4 Å². The third kappa shape index (κ3) is 5.07. The number of carboxylic acid groups (broad SMARTS) is 3. The van der Waals surface area contributed by atoms with Crippen molar-refractivity contribution >= 4 is 17.9 Å². The molecule has 0 aromatic carbocycles. The molecule has 0 spiro atoms. The Hall–Kier alpha value is -0.760. The average molecular weight is 214 g/mol. The third-order valence-electron chi connectivity index (χ3n) is 1.15. The van der Waals surface area contributed by atoms with Gasteiger partial charge in [-0.05, 0) is 0 Å². The first-order valence-electron chi connectivity index (χ1n) is 3.04. The molecule has 0 bridgehead atoms. The number of aliphatic hydroxyl groups is 1. The van der Waals surface area contributed by atoms with Gasteiger partial charge in [-0.3, -0.25) is 14.4 Å². The Balaban J connectivity index is 0. The summed E-state index contributed by atoms with van der Waals surface area (Å²) in [5.74, 6) is -5.23. The fraction of sp³-hybridized carbons (Fsp3) is 0.333. The summed E-state index contributed by atoms with van der Waals surface area (Å²) >= 11 is 0. The molecule has 74 valence electrons. The topological polar surface area (TPSA) is 132 Å². The molecule has 0 aromatic heterocycles. The van der Waals surface area contributed by atoms with Crippen LogP contribution >= 0.6 is 0 Å². The molecule has 7 nitrogen and oxygen atoms in total. The quantitative estimate of drug-likeness (QED) is 0.268. The van der Waals surface area contributed by atoms with E-state index in [4.69, 9.17) is 20.4 Å². The van der Waals surface area contributed by atoms with Crippen LogP contribution in [-0.4, -0.2) is 43.9 Å². The van der Waals surface area contributed by atoms with Gasteiger partial charge in [-0.15, -0.1) is 0 Å². The monoisotopic (exact) mass is 214 g/mol. The van der Waals surface area contributed by atoms with Crippen LogP contribution in [0.15, 0.2) is 0 Å². The molecule has 0 aliphatic heterocycles. The Morgan fingerprint density at radius 2 is 1.57 bits per heavy atom. The SMILES string of the molecule is O=C(O)[CH-]C(O)(CC(=O)O)C(=O)O.[Na+]. The van der Waals surface area contributed by atoms with Gasteiger partial charge in [0.2, 0.25) is 0 Å². The number of hydrogen-bond acceptors (Lipinski definition) is 4. The summed E-state index contributed by atoms with van der Waals surface area (Å²) in [5.41, 5.74) is -2.86. The Bertz CT molecular complexity index is 233. The van der Waals surface area contributed by atoms with Gasteiger partial charge in [-0.1, -0.05) is 0 Å². The van der Waals surface area contributed by atoms with Gasteiger partial charge in [-0.25, -0.2) is 6.42 Å². The smallest absolute Gasteiger partial charge is 0.503 e. The van der Waals surface area contributed by atoms with Crippen molar-refractivity contribution < 1.29 is 64.4 Å². The normalized spacial score (nSPS) is 13.2. The Morgan fingerprint density at radius 3 is 1.79 bits per heavy atom. The van der Waals surface area contributed by atoms with Gasteiger partial charge in [0, 0.05) is 0 Å². The zero-order valence-corrected chi connectivity index (χ0v) is 9.30. The zero-order chi connectivity index (χ0) is 10.6. The molecule has 1 atom stereocenters. The molecule has 8 heteroatoms. The van der Waals surface area contributed by atoms with Crippen molar-refractivity contribution in [1.82, 2.24) is 0 Å². The van der Waals surface area contributed by atoms with Crippen LogP contribution in [0.25, 0.3) is 0 Å². The molecule has 4 N–H and O–H groups in total. The third-order valence-corrected chi connectivity index (χ3v) is 1.15. The van der Waals surface area contributed by atoms with E-state index in [1.165, 1.54) is 0 Å². The van der Waals surface area contributed by atoms with Crippen LogP contribution < -0.4 is 29.6 Å². The summed E-state index contributed by atoms with van der Waals surface area (Å²) in [6.07, 6.45) is -1.18. The molecule has 0 saturated heterocycles. The largest absolute Gasteiger partial charge is 1.00 e. The van der Waals surface area contributed by atoms with E-state index in [1.807, 2.05) is 0 Å². The van der Waals surface area contributed by atoms with Crippen molar-refractivity contribution in [2.24, 2.45) is 0 Å². The first-order chi connectivity index (χ1) is 5.78. The van der Waals surface area contributed by atoms with Gasteiger partial charge < -0.3 is 20.4 Å². The summed E-state index contributed by atoms with van der Waals surface area (Å²) < 4.78 is 0. The first-order valence-corrected chi connectivity index (χ1v) is 3.04. The van der Waals surface area contributed by atoms with Crippen molar-refractivity contribution in [2.45, 2.75) is 12.0 Å². The van der Waals surface area contributed by atoms with Crippen LogP contribution in [0.2, 0.25) is 0 Å². The minimum absolute atomic E-state index is 0. The van der Waals surface area contributed by atoms with Crippen molar-refractivity contribution in [1.29, 1.82) is 0 Å². The minimum atomic E-state index is -2.86. The Morgan fingerprint density at radius 1 is 1.14 bits per heavy atom. The molecule has 0 fully saturated rings. The number of carboxylic acids is 3. The summed E-state index contributed by atoms with van der Waals surface area (Å²) in [6.45, 7) is 0. The van der Waals surface area contributed by atoms with Crippen molar-refractivity contribution in [2.75, 3.05) is 0 Å². The summed E-state index contributed by atoms with van der Waals surface area (Å²) in [5, 5.41) is 33.6. The molecule has 0 amide bonds. The molecule has 14 heavy (non-hydrogen) atoms. The predicted molar refractivity (Wildman–Crippen MR) is 36.8 cm³/mol. The van der Waals surface area contributed by atoms with E-state index in [-0.39, 0.29) is 36.0 Å². The number of hydrogen-bond donors (Lipinski definition) is 4. The van der Waals surface area contributed by atoms with Crippen molar-refractivity contribution in [3.05, 3.63) is 6.42 Å². The van der Waals surface area contributed by atoms with Gasteiger partial charge >= 0.3 is 41.5 Å². The maximum atomic E-state index is 10.3. The minimum Gasteiger partial charge on any atom is -0.503 e. The van der Waals surface area contributed by atoms with E-state index in [0.29, 0.717) is 0 Å². The summed E-state index contributed by atoms with van der Waals surface area (Å²) in [6, 6.07) is 0. The maximum absolute atomic E-state index is 10.3. The van der Waals surface area contributed by atoms with E-state index < -0.39 is 29.9 Å². The van der Waals surface area contributed by atoms with Crippen LogP contribution in [0.1, 0.15) is 6.42 Å². The molecule has 1 unspecified atom stereocenters.